The van der Waals surface area contributed by atoms with Gasteiger partial charge in [0, 0.05) is 12.1 Å². The third-order valence-electron chi connectivity index (χ3n) is 2.10. The zero-order valence-corrected chi connectivity index (χ0v) is 8.87. The molecule has 0 aliphatic carbocycles. The maximum Gasteiger partial charge on any atom is 0.139 e. The highest BCUT2D eigenvalue weighted by Crippen LogP contribution is 2.32. The minimum Gasteiger partial charge on any atom is -0.506 e. The maximum atomic E-state index is 9.72. The minimum absolute atomic E-state index is 0.202. The highest BCUT2D eigenvalue weighted by molar-refractivity contribution is 6.32. The first-order valence-corrected chi connectivity index (χ1v) is 4.58. The average Bonchev–Trinajstić information content (AvgIpc) is 2.09. The van der Waals surface area contributed by atoms with Gasteiger partial charge < -0.3 is 10.4 Å². The molecule has 0 spiro atoms. The van der Waals surface area contributed by atoms with Crippen molar-refractivity contribution < 1.29 is 5.11 Å². The molecule has 0 amide bonds. The molecule has 0 saturated carbocycles. The maximum absolute atomic E-state index is 9.72. The van der Waals surface area contributed by atoms with Crippen LogP contribution >= 0.6 is 11.6 Å². The van der Waals surface area contributed by atoms with Crippen LogP contribution in [0.15, 0.2) is 6.07 Å². The van der Waals surface area contributed by atoms with Crippen LogP contribution in [0.5, 0.6) is 5.75 Å². The third kappa shape index (κ3) is 1.95. The largest absolute Gasteiger partial charge is 0.506 e. The fourth-order valence-corrected chi connectivity index (χ4v) is 1.55. The molecule has 0 aromatic heterocycles. The summed E-state index contributed by atoms with van der Waals surface area (Å²) in [5.74, 6) is 0.202. The fourth-order valence-electron chi connectivity index (χ4n) is 1.38. The van der Waals surface area contributed by atoms with Gasteiger partial charge in [0.05, 0.1) is 5.02 Å². The van der Waals surface area contributed by atoms with Crippen LogP contribution in [0.25, 0.3) is 0 Å². The SMILES string of the molecule is CNCc1c(C)cc(C)c(Cl)c1O. The van der Waals surface area contributed by atoms with Crippen molar-refractivity contribution in [1.29, 1.82) is 0 Å². The predicted octanol–water partition coefficient (Wildman–Crippen LogP) is 2.38. The summed E-state index contributed by atoms with van der Waals surface area (Å²) in [6.45, 7) is 4.49. The van der Waals surface area contributed by atoms with Crippen molar-refractivity contribution in [3.8, 4) is 5.75 Å². The van der Waals surface area contributed by atoms with Gasteiger partial charge >= 0.3 is 0 Å². The second kappa shape index (κ2) is 3.99. The summed E-state index contributed by atoms with van der Waals surface area (Å²) in [6, 6.07) is 1.98. The quantitative estimate of drug-likeness (QED) is 0.767. The Hall–Kier alpha value is -0.730. The number of aryl methyl sites for hydroxylation is 2. The molecule has 72 valence electrons. The third-order valence-corrected chi connectivity index (χ3v) is 2.58. The number of rotatable bonds is 2. The topological polar surface area (TPSA) is 32.3 Å². The number of phenolic OH excluding ortho intramolecular Hbond substituents is 1. The van der Waals surface area contributed by atoms with E-state index in [1.807, 2.05) is 27.0 Å². The van der Waals surface area contributed by atoms with E-state index in [0.29, 0.717) is 11.6 Å². The van der Waals surface area contributed by atoms with Crippen LogP contribution < -0.4 is 5.32 Å². The second-order valence-corrected chi connectivity index (χ2v) is 3.56. The van der Waals surface area contributed by atoms with Gasteiger partial charge in [-0.05, 0) is 32.0 Å². The van der Waals surface area contributed by atoms with Crippen LogP contribution in [0.4, 0.5) is 0 Å². The minimum atomic E-state index is 0.202. The van der Waals surface area contributed by atoms with Crippen molar-refractivity contribution >= 4 is 11.6 Å². The van der Waals surface area contributed by atoms with Crippen molar-refractivity contribution in [3.63, 3.8) is 0 Å². The van der Waals surface area contributed by atoms with E-state index in [1.54, 1.807) is 0 Å². The Morgan fingerprint density at radius 2 is 2.00 bits per heavy atom. The number of benzene rings is 1. The summed E-state index contributed by atoms with van der Waals surface area (Å²) >= 11 is 5.91. The normalized spacial score (nSPS) is 10.5. The lowest BCUT2D eigenvalue weighted by Crippen LogP contribution is -2.07. The first-order chi connectivity index (χ1) is 6.07. The zero-order chi connectivity index (χ0) is 10.0. The number of nitrogens with one attached hydrogen (secondary N) is 1. The molecule has 3 heteroatoms. The molecule has 0 atom stereocenters. The lowest BCUT2D eigenvalue weighted by Gasteiger charge is -2.11. The van der Waals surface area contributed by atoms with Crippen LogP contribution in [-0.4, -0.2) is 12.2 Å². The zero-order valence-electron chi connectivity index (χ0n) is 8.11. The van der Waals surface area contributed by atoms with Crippen LogP contribution in [0, 0.1) is 13.8 Å². The lowest BCUT2D eigenvalue weighted by molar-refractivity contribution is 0.465. The van der Waals surface area contributed by atoms with Gasteiger partial charge in [-0.15, -0.1) is 0 Å². The molecule has 2 nitrogen and oxygen atoms in total. The predicted molar refractivity (Wildman–Crippen MR) is 55.4 cm³/mol. The van der Waals surface area contributed by atoms with Crippen LogP contribution in [0.3, 0.4) is 0 Å². The Balaban J connectivity index is 3.26. The number of halogens is 1. The van der Waals surface area contributed by atoms with Crippen molar-refractivity contribution in [3.05, 3.63) is 27.8 Å². The molecule has 0 bridgehead atoms. The first kappa shape index (κ1) is 10.4. The fraction of sp³-hybridized carbons (Fsp3) is 0.400. The number of phenols is 1. The molecule has 0 unspecified atom stereocenters. The van der Waals surface area contributed by atoms with Crippen molar-refractivity contribution in [1.82, 2.24) is 5.32 Å². The van der Waals surface area contributed by atoms with Crippen LogP contribution in [-0.2, 0) is 6.54 Å². The number of aromatic hydroxyl groups is 1. The summed E-state index contributed by atoms with van der Waals surface area (Å²) in [6.07, 6.45) is 0. The molecule has 1 aromatic carbocycles. The molecule has 1 rings (SSSR count). The number of hydrogen-bond acceptors (Lipinski definition) is 2. The van der Waals surface area contributed by atoms with E-state index in [-0.39, 0.29) is 5.75 Å². The Labute approximate surface area is 83.5 Å². The summed E-state index contributed by atoms with van der Waals surface area (Å²) in [4.78, 5) is 0. The Bertz CT molecular complexity index is 323. The summed E-state index contributed by atoms with van der Waals surface area (Å²) in [7, 11) is 1.84. The molecule has 0 fully saturated rings. The molecule has 2 N–H and O–H groups in total. The van der Waals surface area contributed by atoms with E-state index in [9.17, 15) is 5.11 Å². The molecule has 0 saturated heterocycles. The van der Waals surface area contributed by atoms with Crippen molar-refractivity contribution in [2.24, 2.45) is 0 Å². The van der Waals surface area contributed by atoms with Gasteiger partial charge in [-0.25, -0.2) is 0 Å². The van der Waals surface area contributed by atoms with Gasteiger partial charge in [0.1, 0.15) is 5.75 Å². The lowest BCUT2D eigenvalue weighted by atomic mass is 10.0. The van der Waals surface area contributed by atoms with Gasteiger partial charge in [0.2, 0.25) is 0 Å². The molecule has 0 radical (unpaired) electrons. The van der Waals surface area contributed by atoms with Gasteiger partial charge in [-0.3, -0.25) is 0 Å². The van der Waals surface area contributed by atoms with E-state index in [4.69, 9.17) is 11.6 Å². The molecule has 0 aliphatic heterocycles. The van der Waals surface area contributed by atoms with Gasteiger partial charge in [0.25, 0.3) is 0 Å². The second-order valence-electron chi connectivity index (χ2n) is 3.18. The van der Waals surface area contributed by atoms with Crippen LogP contribution in [0.1, 0.15) is 16.7 Å². The van der Waals surface area contributed by atoms with E-state index in [1.165, 1.54) is 0 Å². The van der Waals surface area contributed by atoms with Crippen molar-refractivity contribution in [2.45, 2.75) is 20.4 Å². The van der Waals surface area contributed by atoms with Gasteiger partial charge in [-0.2, -0.15) is 0 Å². The van der Waals surface area contributed by atoms with Gasteiger partial charge in [-0.1, -0.05) is 17.7 Å². The summed E-state index contributed by atoms with van der Waals surface area (Å²) < 4.78 is 0. The molecular formula is C10H14ClNO. The van der Waals surface area contributed by atoms with E-state index in [0.717, 1.165) is 16.7 Å². The van der Waals surface area contributed by atoms with E-state index < -0.39 is 0 Å². The highest BCUT2D eigenvalue weighted by atomic mass is 35.5. The van der Waals surface area contributed by atoms with Crippen molar-refractivity contribution in [2.75, 3.05) is 7.05 Å². The van der Waals surface area contributed by atoms with E-state index in [2.05, 4.69) is 5.32 Å². The smallest absolute Gasteiger partial charge is 0.139 e. The monoisotopic (exact) mass is 199 g/mol. The Kier molecular flexibility index (Phi) is 3.17. The average molecular weight is 200 g/mol. The molecule has 0 heterocycles. The standard InChI is InChI=1S/C10H14ClNO/c1-6-4-7(2)9(11)10(13)8(6)5-12-3/h4,12-13H,5H2,1-3H3. The Morgan fingerprint density at radius 1 is 1.38 bits per heavy atom. The van der Waals surface area contributed by atoms with E-state index >= 15 is 0 Å². The number of hydrogen-bond donors (Lipinski definition) is 2. The highest BCUT2D eigenvalue weighted by Gasteiger charge is 2.10. The van der Waals surface area contributed by atoms with Crippen LogP contribution in [0.2, 0.25) is 5.02 Å². The van der Waals surface area contributed by atoms with Gasteiger partial charge in [0.15, 0.2) is 0 Å². The molecule has 0 aliphatic rings. The summed E-state index contributed by atoms with van der Waals surface area (Å²) in [5, 5.41) is 13.2. The summed E-state index contributed by atoms with van der Waals surface area (Å²) in [5.41, 5.74) is 2.85. The molecular weight excluding hydrogens is 186 g/mol. The first-order valence-electron chi connectivity index (χ1n) is 4.20. The molecule has 1 aromatic rings. The Morgan fingerprint density at radius 3 is 2.54 bits per heavy atom. The molecule has 13 heavy (non-hydrogen) atoms.